The van der Waals surface area contributed by atoms with Crippen LogP contribution < -0.4 is 5.32 Å². The molecule has 1 aliphatic rings. The zero-order valence-corrected chi connectivity index (χ0v) is 22.5. The van der Waals surface area contributed by atoms with E-state index in [1.165, 1.54) is 17.8 Å². The predicted octanol–water partition coefficient (Wildman–Crippen LogP) is 4.66. The maximum absolute atomic E-state index is 12.0. The van der Waals surface area contributed by atoms with Crippen LogP contribution in [-0.2, 0) is 25.7 Å². The van der Waals surface area contributed by atoms with Gasteiger partial charge in [-0.15, -0.1) is 11.8 Å². The van der Waals surface area contributed by atoms with Gasteiger partial charge in [0.1, 0.15) is 5.03 Å². The van der Waals surface area contributed by atoms with E-state index >= 15 is 0 Å². The zero-order valence-electron chi connectivity index (χ0n) is 21.7. The summed E-state index contributed by atoms with van der Waals surface area (Å²) in [6.45, 7) is 1.94. The number of pyridine rings is 1. The van der Waals surface area contributed by atoms with Crippen LogP contribution in [0.1, 0.15) is 59.2 Å². The lowest BCUT2D eigenvalue weighted by atomic mass is 9.91. The molecule has 0 unspecified atom stereocenters. The maximum atomic E-state index is 12.0. The standard InChI is InChI=1S/C29H30N2O8S/c1-17-23(16-40-27-22(28(36)37)3-2-14-30-27)38-29(39-26(17)19-6-4-18(15-32)5-7-19)20-8-10-21(11-9-20)31-24(33)12-13-25(34)35/h2-11,14,17,23,26,29,32H,12-13,15-16H2,1H3,(H,31,33)(H,34,35)(H,36,37)/t17-,23+,26+,29+/m1/s1. The molecule has 3 aromatic rings. The van der Waals surface area contributed by atoms with Gasteiger partial charge in [-0.3, -0.25) is 9.59 Å². The van der Waals surface area contributed by atoms with Gasteiger partial charge in [-0.05, 0) is 35.4 Å². The molecule has 0 bridgehead atoms. The molecule has 1 aromatic heterocycles. The predicted molar refractivity (Wildman–Crippen MR) is 147 cm³/mol. The van der Waals surface area contributed by atoms with E-state index in [0.29, 0.717) is 22.0 Å². The van der Waals surface area contributed by atoms with Gasteiger partial charge in [0.05, 0.1) is 30.8 Å². The number of rotatable bonds is 11. The number of aliphatic hydroxyl groups excluding tert-OH is 1. The summed E-state index contributed by atoms with van der Waals surface area (Å²) in [5, 5.41) is 30.8. The van der Waals surface area contributed by atoms with Gasteiger partial charge in [-0.25, -0.2) is 9.78 Å². The van der Waals surface area contributed by atoms with Gasteiger partial charge in [0, 0.05) is 35.5 Å². The molecule has 1 saturated heterocycles. The van der Waals surface area contributed by atoms with Crippen molar-refractivity contribution < 1.29 is 39.2 Å². The number of anilines is 1. The molecule has 4 N–H and O–H groups in total. The highest BCUT2D eigenvalue weighted by molar-refractivity contribution is 7.99. The highest BCUT2D eigenvalue weighted by Gasteiger charge is 2.38. The minimum absolute atomic E-state index is 0.0679. The number of nitrogens with one attached hydrogen (secondary N) is 1. The molecule has 10 nitrogen and oxygen atoms in total. The first-order chi connectivity index (χ1) is 19.2. The summed E-state index contributed by atoms with van der Waals surface area (Å²) in [7, 11) is 0. The average molecular weight is 567 g/mol. The Kier molecular flexibility index (Phi) is 9.88. The van der Waals surface area contributed by atoms with E-state index < -0.39 is 24.1 Å². The molecule has 4 atom stereocenters. The van der Waals surface area contributed by atoms with Crippen LogP contribution in [0.25, 0.3) is 0 Å². The highest BCUT2D eigenvalue weighted by Crippen LogP contribution is 2.43. The van der Waals surface area contributed by atoms with Crippen LogP contribution in [0, 0.1) is 5.92 Å². The van der Waals surface area contributed by atoms with Gasteiger partial charge in [-0.2, -0.15) is 0 Å². The molecule has 2 heterocycles. The molecule has 0 spiro atoms. The quantitative estimate of drug-likeness (QED) is 0.241. The Hall–Kier alpha value is -3.77. The van der Waals surface area contributed by atoms with Gasteiger partial charge >= 0.3 is 11.9 Å². The Morgan fingerprint density at radius 3 is 2.30 bits per heavy atom. The number of carbonyl (C=O) groups excluding carboxylic acids is 1. The van der Waals surface area contributed by atoms with E-state index in [1.54, 1.807) is 36.5 Å². The van der Waals surface area contributed by atoms with E-state index in [-0.39, 0.29) is 43.1 Å². The third kappa shape index (κ3) is 7.45. The highest BCUT2D eigenvalue weighted by atomic mass is 32.2. The van der Waals surface area contributed by atoms with Crippen molar-refractivity contribution >= 4 is 35.3 Å². The Labute approximate surface area is 235 Å². The lowest BCUT2D eigenvalue weighted by molar-refractivity contribution is -0.268. The monoisotopic (exact) mass is 566 g/mol. The number of aromatic nitrogens is 1. The fourth-order valence-electron chi connectivity index (χ4n) is 4.31. The van der Waals surface area contributed by atoms with Crippen molar-refractivity contribution in [3.63, 3.8) is 0 Å². The third-order valence-corrected chi connectivity index (χ3v) is 7.64. The molecule has 1 fully saturated rings. The maximum Gasteiger partial charge on any atom is 0.338 e. The van der Waals surface area contributed by atoms with Crippen molar-refractivity contribution in [1.82, 2.24) is 4.98 Å². The second-order valence-corrected chi connectivity index (χ2v) is 10.4. The Bertz CT molecular complexity index is 1330. The number of hydrogen-bond acceptors (Lipinski definition) is 8. The Morgan fingerprint density at radius 2 is 1.65 bits per heavy atom. The van der Waals surface area contributed by atoms with E-state index in [4.69, 9.17) is 14.6 Å². The van der Waals surface area contributed by atoms with E-state index in [0.717, 1.165) is 11.1 Å². The number of aliphatic carboxylic acids is 1. The average Bonchev–Trinajstić information content (AvgIpc) is 2.96. The van der Waals surface area contributed by atoms with Crippen molar-refractivity contribution in [2.24, 2.45) is 5.92 Å². The summed E-state index contributed by atoms with van der Waals surface area (Å²) in [6, 6.07) is 17.5. The first kappa shape index (κ1) is 29.2. The van der Waals surface area contributed by atoms with Crippen LogP contribution in [0.2, 0.25) is 0 Å². The molecule has 4 rings (SSSR count). The SMILES string of the molecule is C[C@@H]1[C@H](CSc2ncccc2C(=O)O)O[C@H](c2ccc(NC(=O)CCC(=O)O)cc2)O[C@@H]1c1ccc(CO)cc1. The number of aliphatic hydroxyl groups is 1. The Balaban J connectivity index is 1.54. The summed E-state index contributed by atoms with van der Waals surface area (Å²) in [4.78, 5) is 38.6. The normalized spacial score (nSPS) is 20.6. The van der Waals surface area contributed by atoms with Crippen LogP contribution in [-0.4, -0.2) is 50.0 Å². The Morgan fingerprint density at radius 1 is 0.950 bits per heavy atom. The lowest BCUT2D eigenvalue weighted by Crippen LogP contribution is -2.38. The first-order valence-corrected chi connectivity index (χ1v) is 13.7. The largest absolute Gasteiger partial charge is 0.481 e. The summed E-state index contributed by atoms with van der Waals surface area (Å²) in [6.07, 6.45) is -0.249. The van der Waals surface area contributed by atoms with E-state index in [1.807, 2.05) is 31.2 Å². The molecule has 0 saturated carbocycles. The zero-order chi connectivity index (χ0) is 28.6. The molecule has 11 heteroatoms. The number of benzene rings is 2. The summed E-state index contributed by atoms with van der Waals surface area (Å²) in [5.74, 6) is -2.16. The molecular weight excluding hydrogens is 536 g/mol. The number of carboxylic acids is 2. The van der Waals surface area contributed by atoms with E-state index in [9.17, 15) is 24.6 Å². The molecule has 210 valence electrons. The second-order valence-electron chi connectivity index (χ2n) is 9.36. The van der Waals surface area contributed by atoms with Gasteiger partial charge in [0.15, 0.2) is 6.29 Å². The minimum atomic E-state index is -1.05. The van der Waals surface area contributed by atoms with Crippen molar-refractivity contribution in [1.29, 1.82) is 0 Å². The molecule has 0 radical (unpaired) electrons. The van der Waals surface area contributed by atoms with Gasteiger partial charge in [0.2, 0.25) is 5.91 Å². The first-order valence-electron chi connectivity index (χ1n) is 12.7. The summed E-state index contributed by atoms with van der Waals surface area (Å²) in [5.41, 5.74) is 3.05. The van der Waals surface area contributed by atoms with Crippen LogP contribution in [0.5, 0.6) is 0 Å². The molecular formula is C29H30N2O8S. The number of ether oxygens (including phenoxy) is 2. The number of hydrogen-bond donors (Lipinski definition) is 4. The van der Waals surface area contributed by atoms with Crippen LogP contribution in [0.4, 0.5) is 5.69 Å². The molecule has 0 aliphatic carbocycles. The summed E-state index contributed by atoms with van der Waals surface area (Å²) >= 11 is 1.31. The molecule has 40 heavy (non-hydrogen) atoms. The molecule has 1 amide bonds. The van der Waals surface area contributed by atoms with Crippen molar-refractivity contribution in [3.8, 4) is 0 Å². The van der Waals surface area contributed by atoms with Crippen molar-refractivity contribution in [2.75, 3.05) is 11.1 Å². The third-order valence-electron chi connectivity index (χ3n) is 6.54. The smallest absolute Gasteiger partial charge is 0.338 e. The van der Waals surface area contributed by atoms with Gasteiger partial charge < -0.3 is 30.1 Å². The molecule has 1 aliphatic heterocycles. The number of nitrogens with zero attached hydrogens (tertiary/aromatic N) is 1. The van der Waals surface area contributed by atoms with E-state index in [2.05, 4.69) is 10.3 Å². The van der Waals surface area contributed by atoms with Crippen LogP contribution in [0.15, 0.2) is 71.9 Å². The fraction of sp³-hybridized carbons (Fsp3) is 0.310. The van der Waals surface area contributed by atoms with Gasteiger partial charge in [0.25, 0.3) is 0 Å². The fourth-order valence-corrected chi connectivity index (χ4v) is 5.46. The number of amides is 1. The topological polar surface area (TPSA) is 155 Å². The number of aromatic carboxylic acids is 1. The minimum Gasteiger partial charge on any atom is -0.481 e. The van der Waals surface area contributed by atoms with Crippen molar-refractivity contribution in [3.05, 3.63) is 89.1 Å². The van der Waals surface area contributed by atoms with Crippen LogP contribution in [0.3, 0.4) is 0 Å². The second kappa shape index (κ2) is 13.5. The van der Waals surface area contributed by atoms with Gasteiger partial charge in [-0.1, -0.05) is 43.3 Å². The van der Waals surface area contributed by atoms with Crippen LogP contribution >= 0.6 is 11.8 Å². The number of thioether (sulfide) groups is 1. The number of carbonyl (C=O) groups is 3. The summed E-state index contributed by atoms with van der Waals surface area (Å²) < 4.78 is 12.8. The lowest BCUT2D eigenvalue weighted by Gasteiger charge is -2.41. The van der Waals surface area contributed by atoms with Crippen molar-refractivity contribution in [2.45, 2.75) is 49.9 Å². The molecule has 2 aromatic carbocycles. The number of carboxylic acid groups (broad SMARTS) is 2.